The number of anilines is 1. The number of carbonyl (C=O) groups is 1. The highest BCUT2D eigenvalue weighted by Crippen LogP contribution is 2.32. The number of hydrogen-bond donors (Lipinski definition) is 1. The molecule has 146 valence electrons. The third kappa shape index (κ3) is 3.22. The zero-order valence-corrected chi connectivity index (χ0v) is 16.5. The Balaban J connectivity index is 1.62. The zero-order chi connectivity index (χ0) is 20.0. The van der Waals surface area contributed by atoms with Gasteiger partial charge in [0.15, 0.2) is 5.65 Å². The predicted octanol–water partition coefficient (Wildman–Crippen LogP) is 3.95. The van der Waals surface area contributed by atoms with Crippen LogP contribution in [0.3, 0.4) is 0 Å². The Hall–Kier alpha value is -3.35. The van der Waals surface area contributed by atoms with Crippen molar-refractivity contribution in [3.63, 3.8) is 0 Å². The molecule has 1 aliphatic rings. The first-order valence-electron chi connectivity index (χ1n) is 10.0. The van der Waals surface area contributed by atoms with Gasteiger partial charge >= 0.3 is 0 Å². The first-order valence-corrected chi connectivity index (χ1v) is 10.0. The number of rotatable bonds is 5. The molecule has 4 aromatic heterocycles. The highest BCUT2D eigenvalue weighted by molar-refractivity contribution is 5.96. The summed E-state index contributed by atoms with van der Waals surface area (Å²) >= 11 is 0. The van der Waals surface area contributed by atoms with Crippen molar-refractivity contribution >= 4 is 28.3 Å². The standard InChI is InChI=1S/C22H22N6O/c1-3-4-16-7-13(2)18(11-23-16)17-8-15-10-24-20(26-22(29)14-5-6-14)9-19(15)28-12-25-27-21(17)28/h7-12,14H,3-6H2,1-2H3,(H,24,26,29). The summed E-state index contributed by atoms with van der Waals surface area (Å²) < 4.78 is 1.94. The summed E-state index contributed by atoms with van der Waals surface area (Å²) in [6.07, 6.45) is 9.37. The maximum atomic E-state index is 12.1. The topological polar surface area (TPSA) is 85.1 Å². The molecular formula is C22H22N6O. The van der Waals surface area contributed by atoms with Crippen molar-refractivity contribution in [2.75, 3.05) is 5.32 Å². The Kier molecular flexibility index (Phi) is 4.23. The fourth-order valence-electron chi connectivity index (χ4n) is 3.72. The van der Waals surface area contributed by atoms with Gasteiger partial charge in [0, 0.05) is 46.6 Å². The molecule has 7 nitrogen and oxygen atoms in total. The highest BCUT2D eigenvalue weighted by atomic mass is 16.2. The Labute approximate surface area is 168 Å². The van der Waals surface area contributed by atoms with Crippen molar-refractivity contribution in [1.82, 2.24) is 24.6 Å². The SMILES string of the molecule is CCCc1cc(C)c(-c2cc3cnc(NC(=O)C4CC4)cc3n3cnnc23)cn1. The first kappa shape index (κ1) is 17.7. The summed E-state index contributed by atoms with van der Waals surface area (Å²) in [5.74, 6) is 0.734. The molecule has 1 aliphatic carbocycles. The molecule has 5 rings (SSSR count). The zero-order valence-electron chi connectivity index (χ0n) is 16.5. The molecule has 4 aromatic rings. The van der Waals surface area contributed by atoms with Crippen molar-refractivity contribution in [2.24, 2.45) is 5.92 Å². The van der Waals surface area contributed by atoms with E-state index in [0.717, 1.165) is 64.6 Å². The lowest BCUT2D eigenvalue weighted by Gasteiger charge is -2.12. The van der Waals surface area contributed by atoms with Crippen molar-refractivity contribution in [1.29, 1.82) is 0 Å². The smallest absolute Gasteiger partial charge is 0.228 e. The van der Waals surface area contributed by atoms with E-state index in [2.05, 4.69) is 51.5 Å². The second-order valence-corrected chi connectivity index (χ2v) is 7.72. The summed E-state index contributed by atoms with van der Waals surface area (Å²) in [6, 6.07) is 6.10. The highest BCUT2D eigenvalue weighted by Gasteiger charge is 2.29. The number of nitrogens with zero attached hydrogens (tertiary/aromatic N) is 5. The molecule has 0 aromatic carbocycles. The molecular weight excluding hydrogens is 364 g/mol. The van der Waals surface area contributed by atoms with Gasteiger partial charge in [-0.05, 0) is 43.9 Å². The number of amides is 1. The normalized spacial score (nSPS) is 13.9. The van der Waals surface area contributed by atoms with Crippen LogP contribution in [0.5, 0.6) is 0 Å². The van der Waals surface area contributed by atoms with Crippen LogP contribution in [0.4, 0.5) is 5.82 Å². The lowest BCUT2D eigenvalue weighted by molar-refractivity contribution is -0.117. The maximum absolute atomic E-state index is 12.1. The van der Waals surface area contributed by atoms with Gasteiger partial charge in [0.2, 0.25) is 5.91 Å². The molecule has 0 unspecified atom stereocenters. The fraction of sp³-hybridized carbons (Fsp3) is 0.318. The van der Waals surface area contributed by atoms with Gasteiger partial charge in [0.25, 0.3) is 0 Å². The molecule has 0 spiro atoms. The third-order valence-corrected chi connectivity index (χ3v) is 5.42. The maximum Gasteiger partial charge on any atom is 0.228 e. The molecule has 0 radical (unpaired) electrons. The van der Waals surface area contributed by atoms with E-state index in [9.17, 15) is 4.79 Å². The van der Waals surface area contributed by atoms with Crippen molar-refractivity contribution < 1.29 is 4.79 Å². The molecule has 0 saturated heterocycles. The van der Waals surface area contributed by atoms with Crippen LogP contribution in [0.25, 0.3) is 27.7 Å². The minimum atomic E-state index is 0.0438. The fourth-order valence-corrected chi connectivity index (χ4v) is 3.72. The molecule has 1 N–H and O–H groups in total. The lowest BCUT2D eigenvalue weighted by Crippen LogP contribution is -2.14. The van der Waals surface area contributed by atoms with E-state index in [1.165, 1.54) is 0 Å². The van der Waals surface area contributed by atoms with Crippen molar-refractivity contribution in [3.8, 4) is 11.1 Å². The van der Waals surface area contributed by atoms with Gasteiger partial charge in [-0.2, -0.15) is 0 Å². The third-order valence-electron chi connectivity index (χ3n) is 5.42. The van der Waals surface area contributed by atoms with Gasteiger partial charge in [0.1, 0.15) is 12.1 Å². The van der Waals surface area contributed by atoms with Gasteiger partial charge in [-0.3, -0.25) is 14.2 Å². The van der Waals surface area contributed by atoms with Crippen LogP contribution in [0.15, 0.2) is 36.9 Å². The second-order valence-electron chi connectivity index (χ2n) is 7.72. The number of fused-ring (bicyclic) bond motifs is 3. The van der Waals surface area contributed by atoms with Gasteiger partial charge in [-0.15, -0.1) is 10.2 Å². The Bertz CT molecular complexity index is 1240. The summed E-state index contributed by atoms with van der Waals surface area (Å²) in [5.41, 5.74) is 5.94. The molecule has 1 amide bonds. The molecule has 1 fully saturated rings. The van der Waals surface area contributed by atoms with Crippen LogP contribution < -0.4 is 5.32 Å². The number of carbonyl (C=O) groups excluding carboxylic acids is 1. The molecule has 4 heterocycles. The molecule has 7 heteroatoms. The van der Waals surface area contributed by atoms with Crippen LogP contribution in [0.1, 0.15) is 37.4 Å². The van der Waals surface area contributed by atoms with Crippen molar-refractivity contribution in [2.45, 2.75) is 39.5 Å². The monoisotopic (exact) mass is 386 g/mol. The van der Waals surface area contributed by atoms with E-state index >= 15 is 0 Å². The molecule has 0 aliphatic heterocycles. The summed E-state index contributed by atoms with van der Waals surface area (Å²) in [4.78, 5) is 21.2. The van der Waals surface area contributed by atoms with E-state index in [4.69, 9.17) is 0 Å². The average molecular weight is 386 g/mol. The Morgan fingerprint density at radius 1 is 1.17 bits per heavy atom. The van der Waals surface area contributed by atoms with Crippen LogP contribution in [0.2, 0.25) is 0 Å². The summed E-state index contributed by atoms with van der Waals surface area (Å²) in [7, 11) is 0. The minimum Gasteiger partial charge on any atom is -0.310 e. The minimum absolute atomic E-state index is 0.0438. The van der Waals surface area contributed by atoms with Gasteiger partial charge in [-0.1, -0.05) is 13.3 Å². The van der Waals surface area contributed by atoms with Gasteiger partial charge in [0.05, 0.1) is 5.52 Å². The summed E-state index contributed by atoms with van der Waals surface area (Å²) in [5, 5.41) is 12.3. The van der Waals surface area contributed by atoms with E-state index < -0.39 is 0 Å². The number of pyridine rings is 3. The summed E-state index contributed by atoms with van der Waals surface area (Å²) in [6.45, 7) is 4.25. The molecule has 0 bridgehead atoms. The Morgan fingerprint density at radius 3 is 2.79 bits per heavy atom. The van der Waals surface area contributed by atoms with E-state index in [0.29, 0.717) is 5.82 Å². The molecule has 29 heavy (non-hydrogen) atoms. The predicted molar refractivity (Wildman–Crippen MR) is 112 cm³/mol. The Morgan fingerprint density at radius 2 is 2.03 bits per heavy atom. The first-order chi connectivity index (χ1) is 14.1. The second kappa shape index (κ2) is 6.92. The number of aryl methyl sites for hydroxylation is 2. The van der Waals surface area contributed by atoms with Crippen molar-refractivity contribution in [3.05, 3.63) is 48.2 Å². The lowest BCUT2D eigenvalue weighted by atomic mass is 10.0. The van der Waals surface area contributed by atoms with Crippen LogP contribution >= 0.6 is 0 Å². The average Bonchev–Trinajstić information content (AvgIpc) is 3.45. The molecule has 1 saturated carbocycles. The quantitative estimate of drug-likeness (QED) is 0.561. The van der Waals surface area contributed by atoms with E-state index in [-0.39, 0.29) is 11.8 Å². The number of aromatic nitrogens is 5. The number of hydrogen-bond acceptors (Lipinski definition) is 5. The largest absolute Gasteiger partial charge is 0.310 e. The number of nitrogens with one attached hydrogen (secondary N) is 1. The van der Waals surface area contributed by atoms with Gasteiger partial charge in [-0.25, -0.2) is 4.98 Å². The van der Waals surface area contributed by atoms with Crippen LogP contribution in [0, 0.1) is 12.8 Å². The van der Waals surface area contributed by atoms with Gasteiger partial charge < -0.3 is 5.32 Å². The molecule has 0 atom stereocenters. The van der Waals surface area contributed by atoms with Crippen LogP contribution in [-0.2, 0) is 11.2 Å². The van der Waals surface area contributed by atoms with E-state index in [1.54, 1.807) is 12.5 Å². The van der Waals surface area contributed by atoms with E-state index in [1.807, 2.05) is 16.7 Å². The van der Waals surface area contributed by atoms with Crippen LogP contribution in [-0.4, -0.2) is 30.5 Å².